The minimum atomic E-state index is -0.415. The van der Waals surface area contributed by atoms with Gasteiger partial charge in [-0.2, -0.15) is 5.10 Å². The predicted molar refractivity (Wildman–Crippen MR) is 69.9 cm³/mol. The van der Waals surface area contributed by atoms with Gasteiger partial charge in [0.25, 0.3) is 5.69 Å². The van der Waals surface area contributed by atoms with E-state index in [4.69, 9.17) is 0 Å². The predicted octanol–water partition coefficient (Wildman–Crippen LogP) is 2.86. The molecule has 0 aliphatic rings. The van der Waals surface area contributed by atoms with E-state index >= 15 is 0 Å². The fourth-order valence-electron chi connectivity index (χ4n) is 1.66. The van der Waals surface area contributed by atoms with Crippen LogP contribution in [-0.4, -0.2) is 19.7 Å². The Hall–Kier alpha value is -1.76. The number of nitro groups is 1. The zero-order chi connectivity index (χ0) is 13.4. The third kappa shape index (κ3) is 2.01. The van der Waals surface area contributed by atoms with Crippen LogP contribution in [-0.2, 0) is 0 Å². The molecular weight excluding hydrogens is 300 g/mol. The first-order valence-electron chi connectivity index (χ1n) is 5.25. The van der Waals surface area contributed by atoms with Crippen molar-refractivity contribution in [1.82, 2.24) is 14.8 Å². The molecule has 0 saturated carbocycles. The molecule has 94 valence electrons. The third-order valence-electron chi connectivity index (χ3n) is 2.68. The molecule has 0 amide bonds. The monoisotopic (exact) mass is 310 g/mol. The Kier molecular flexibility index (Phi) is 3.16. The maximum atomic E-state index is 10.9. The Bertz CT molecular complexity index is 636. The summed E-state index contributed by atoms with van der Waals surface area (Å²) in [5.74, 6) is 0.443. The Labute approximate surface area is 112 Å². The molecule has 0 aliphatic heterocycles. The maximum absolute atomic E-state index is 10.9. The molecular formula is C11H11BrN4O2. The highest BCUT2D eigenvalue weighted by molar-refractivity contribution is 9.10. The Morgan fingerprint density at radius 3 is 2.56 bits per heavy atom. The summed E-state index contributed by atoms with van der Waals surface area (Å²) in [6, 6.07) is 1.43. The average Bonchev–Trinajstić information content (AvgIpc) is 2.57. The molecule has 0 atom stereocenters. The molecule has 7 heteroatoms. The van der Waals surface area contributed by atoms with Gasteiger partial charge in [-0.05, 0) is 36.7 Å². The lowest BCUT2D eigenvalue weighted by Crippen LogP contribution is -2.04. The first kappa shape index (κ1) is 12.7. The van der Waals surface area contributed by atoms with Crippen molar-refractivity contribution in [3.05, 3.63) is 43.8 Å². The largest absolute Gasteiger partial charge is 0.277 e. The first-order chi connectivity index (χ1) is 8.41. The molecule has 0 saturated heterocycles. The van der Waals surface area contributed by atoms with Gasteiger partial charge < -0.3 is 0 Å². The van der Waals surface area contributed by atoms with Crippen molar-refractivity contribution in [1.29, 1.82) is 0 Å². The van der Waals surface area contributed by atoms with Gasteiger partial charge in [-0.1, -0.05) is 0 Å². The van der Waals surface area contributed by atoms with Gasteiger partial charge in [-0.15, -0.1) is 0 Å². The SMILES string of the molecule is Cc1cnc(-n2nc(C)c(Br)c2C)cc1[N+](=O)[O-]. The van der Waals surface area contributed by atoms with E-state index in [1.807, 2.05) is 13.8 Å². The number of halogens is 1. The summed E-state index contributed by atoms with van der Waals surface area (Å²) in [6.07, 6.45) is 1.48. The summed E-state index contributed by atoms with van der Waals surface area (Å²) in [6.45, 7) is 5.39. The van der Waals surface area contributed by atoms with E-state index in [-0.39, 0.29) is 5.69 Å². The van der Waals surface area contributed by atoms with Crippen molar-refractivity contribution in [2.24, 2.45) is 0 Å². The van der Waals surface area contributed by atoms with Gasteiger partial charge in [0.15, 0.2) is 5.82 Å². The summed E-state index contributed by atoms with van der Waals surface area (Å²) in [5.41, 5.74) is 2.25. The van der Waals surface area contributed by atoms with E-state index in [2.05, 4.69) is 26.0 Å². The van der Waals surface area contributed by atoms with Crippen LogP contribution < -0.4 is 0 Å². The molecule has 2 aromatic heterocycles. The molecule has 0 aromatic carbocycles. The van der Waals surface area contributed by atoms with Gasteiger partial charge in [0, 0.05) is 11.8 Å². The van der Waals surface area contributed by atoms with Crippen molar-refractivity contribution >= 4 is 21.6 Å². The van der Waals surface area contributed by atoms with Crippen molar-refractivity contribution in [3.8, 4) is 5.82 Å². The Morgan fingerprint density at radius 1 is 1.39 bits per heavy atom. The van der Waals surface area contributed by atoms with Gasteiger partial charge in [-0.25, -0.2) is 9.67 Å². The quantitative estimate of drug-likeness (QED) is 0.631. The minimum absolute atomic E-state index is 0.0451. The van der Waals surface area contributed by atoms with E-state index in [0.29, 0.717) is 11.4 Å². The van der Waals surface area contributed by atoms with Crippen LogP contribution in [0.2, 0.25) is 0 Å². The number of hydrogen-bond acceptors (Lipinski definition) is 4. The van der Waals surface area contributed by atoms with E-state index in [1.54, 1.807) is 11.6 Å². The fraction of sp³-hybridized carbons (Fsp3) is 0.273. The van der Waals surface area contributed by atoms with E-state index < -0.39 is 4.92 Å². The van der Waals surface area contributed by atoms with Crippen molar-refractivity contribution in [2.45, 2.75) is 20.8 Å². The summed E-state index contributed by atoms with van der Waals surface area (Å²) in [5, 5.41) is 15.2. The van der Waals surface area contributed by atoms with Crippen LogP contribution in [0.15, 0.2) is 16.7 Å². The Balaban J connectivity index is 2.61. The summed E-state index contributed by atoms with van der Waals surface area (Å²) in [4.78, 5) is 14.7. The number of nitrogens with zero attached hydrogens (tertiary/aromatic N) is 4. The molecule has 2 heterocycles. The lowest BCUT2D eigenvalue weighted by molar-refractivity contribution is -0.385. The first-order valence-corrected chi connectivity index (χ1v) is 6.04. The molecule has 2 aromatic rings. The van der Waals surface area contributed by atoms with Gasteiger partial charge >= 0.3 is 0 Å². The second-order valence-corrected chi connectivity index (χ2v) is 4.78. The van der Waals surface area contributed by atoms with Crippen LogP contribution in [0.3, 0.4) is 0 Å². The summed E-state index contributed by atoms with van der Waals surface area (Å²) < 4.78 is 2.47. The average molecular weight is 311 g/mol. The standard InChI is InChI=1S/C11H11BrN4O2/c1-6-5-13-10(4-9(6)16(17)18)15-8(3)11(12)7(2)14-15/h4-5H,1-3H3. The summed E-state index contributed by atoms with van der Waals surface area (Å²) >= 11 is 3.41. The van der Waals surface area contributed by atoms with Gasteiger partial charge in [0.2, 0.25) is 0 Å². The van der Waals surface area contributed by atoms with Crippen molar-refractivity contribution in [3.63, 3.8) is 0 Å². The van der Waals surface area contributed by atoms with Gasteiger partial charge in [0.1, 0.15) is 0 Å². The number of rotatable bonds is 2. The second kappa shape index (κ2) is 4.49. The minimum Gasteiger partial charge on any atom is -0.258 e. The lowest BCUT2D eigenvalue weighted by Gasteiger charge is -2.04. The highest BCUT2D eigenvalue weighted by Gasteiger charge is 2.16. The van der Waals surface area contributed by atoms with Gasteiger partial charge in [-0.3, -0.25) is 10.1 Å². The third-order valence-corrected chi connectivity index (χ3v) is 3.82. The molecule has 0 unspecified atom stereocenters. The number of aryl methyl sites for hydroxylation is 2. The second-order valence-electron chi connectivity index (χ2n) is 3.98. The maximum Gasteiger partial charge on any atom is 0.277 e. The summed E-state index contributed by atoms with van der Waals surface area (Å²) in [7, 11) is 0. The molecule has 2 rings (SSSR count). The van der Waals surface area contributed by atoms with Crippen molar-refractivity contribution < 1.29 is 4.92 Å². The van der Waals surface area contributed by atoms with Crippen molar-refractivity contribution in [2.75, 3.05) is 0 Å². The van der Waals surface area contributed by atoms with Crippen LogP contribution in [0, 0.1) is 30.9 Å². The highest BCUT2D eigenvalue weighted by Crippen LogP contribution is 2.24. The molecule has 0 bridgehead atoms. The van der Waals surface area contributed by atoms with Crippen LogP contribution in [0.25, 0.3) is 5.82 Å². The smallest absolute Gasteiger partial charge is 0.258 e. The zero-order valence-corrected chi connectivity index (χ0v) is 11.7. The molecule has 0 aliphatic carbocycles. The molecule has 6 nitrogen and oxygen atoms in total. The normalized spacial score (nSPS) is 10.7. The highest BCUT2D eigenvalue weighted by atomic mass is 79.9. The zero-order valence-electron chi connectivity index (χ0n) is 10.1. The van der Waals surface area contributed by atoms with Crippen LogP contribution in [0.4, 0.5) is 5.69 Å². The molecule has 0 N–H and O–H groups in total. The number of pyridine rings is 1. The van der Waals surface area contributed by atoms with Gasteiger partial charge in [0.05, 0.1) is 26.9 Å². The van der Waals surface area contributed by atoms with E-state index in [0.717, 1.165) is 15.9 Å². The fourth-order valence-corrected chi connectivity index (χ4v) is 1.91. The van der Waals surface area contributed by atoms with E-state index in [1.165, 1.54) is 12.3 Å². The number of aromatic nitrogens is 3. The molecule has 0 fully saturated rings. The lowest BCUT2D eigenvalue weighted by atomic mass is 10.2. The van der Waals surface area contributed by atoms with Crippen LogP contribution >= 0.6 is 15.9 Å². The topological polar surface area (TPSA) is 73.8 Å². The van der Waals surface area contributed by atoms with Crippen LogP contribution in [0.5, 0.6) is 0 Å². The molecule has 0 radical (unpaired) electrons. The molecule has 18 heavy (non-hydrogen) atoms. The number of hydrogen-bond donors (Lipinski definition) is 0. The Morgan fingerprint density at radius 2 is 2.06 bits per heavy atom. The van der Waals surface area contributed by atoms with Crippen LogP contribution in [0.1, 0.15) is 17.0 Å². The molecule has 0 spiro atoms. The van der Waals surface area contributed by atoms with E-state index in [9.17, 15) is 10.1 Å².